The van der Waals surface area contributed by atoms with Gasteiger partial charge in [0.25, 0.3) is 0 Å². The van der Waals surface area contributed by atoms with Crippen LogP contribution in [-0.2, 0) is 28.9 Å². The van der Waals surface area contributed by atoms with E-state index in [4.69, 9.17) is 0 Å². The molecule has 24 heavy (non-hydrogen) atoms. The zero-order valence-corrected chi connectivity index (χ0v) is 14.1. The maximum atomic E-state index is 12.0. The molecule has 0 saturated heterocycles. The summed E-state index contributed by atoms with van der Waals surface area (Å²) in [6, 6.07) is 14.1. The van der Waals surface area contributed by atoms with Crippen LogP contribution in [0, 0.1) is 6.92 Å². The molecule has 1 heterocycles. The molecule has 0 fully saturated rings. The molecular weight excluding hydrogens is 300 g/mol. The fraction of sp³-hybridized carbons (Fsp3) is 0.300. The Morgan fingerprint density at radius 1 is 1.17 bits per heavy atom. The molecule has 0 unspecified atom stereocenters. The number of rotatable bonds is 5. The van der Waals surface area contributed by atoms with Crippen LogP contribution in [-0.4, -0.2) is 25.4 Å². The summed E-state index contributed by atoms with van der Waals surface area (Å²) in [4.78, 5) is 25.4. The van der Waals surface area contributed by atoms with Crippen molar-refractivity contribution in [1.29, 1.82) is 0 Å². The smallest absolute Gasteiger partial charge is 0.231 e. The zero-order valence-electron chi connectivity index (χ0n) is 14.1. The summed E-state index contributed by atoms with van der Waals surface area (Å²) >= 11 is 0. The number of hydrogen-bond donors (Lipinski definition) is 1. The van der Waals surface area contributed by atoms with Crippen molar-refractivity contribution in [2.45, 2.75) is 26.2 Å². The molecule has 0 aromatic heterocycles. The Hall–Kier alpha value is -2.62. The highest BCUT2D eigenvalue weighted by atomic mass is 16.2. The molecule has 3 rings (SSSR count). The van der Waals surface area contributed by atoms with Crippen molar-refractivity contribution in [2.24, 2.45) is 0 Å². The number of nitrogens with one attached hydrogen (secondary N) is 1. The van der Waals surface area contributed by atoms with Gasteiger partial charge in [0.1, 0.15) is 0 Å². The Morgan fingerprint density at radius 2 is 2.00 bits per heavy atom. The monoisotopic (exact) mass is 322 g/mol. The number of aryl methyl sites for hydroxylation is 1. The lowest BCUT2D eigenvalue weighted by molar-refractivity contribution is -0.120. The van der Waals surface area contributed by atoms with E-state index in [1.54, 1.807) is 11.9 Å². The van der Waals surface area contributed by atoms with Crippen molar-refractivity contribution in [3.63, 3.8) is 0 Å². The normalized spacial score (nSPS) is 13.1. The number of anilines is 1. The molecule has 0 radical (unpaired) electrons. The Morgan fingerprint density at radius 3 is 2.79 bits per heavy atom. The molecule has 2 aromatic carbocycles. The fourth-order valence-electron chi connectivity index (χ4n) is 3.10. The van der Waals surface area contributed by atoms with Gasteiger partial charge in [-0.05, 0) is 36.1 Å². The SMILES string of the molecule is Cc1cccc(CC(=O)NCCc2ccc3c(c2)CC(=O)N3C)c1. The van der Waals surface area contributed by atoms with Crippen molar-refractivity contribution >= 4 is 17.5 Å². The largest absolute Gasteiger partial charge is 0.355 e. The van der Waals surface area contributed by atoms with E-state index in [0.29, 0.717) is 19.4 Å². The van der Waals surface area contributed by atoms with Crippen LogP contribution >= 0.6 is 0 Å². The third-order valence-electron chi connectivity index (χ3n) is 4.40. The molecule has 1 aliphatic rings. The molecule has 124 valence electrons. The molecule has 0 saturated carbocycles. The lowest BCUT2D eigenvalue weighted by Crippen LogP contribution is -2.27. The van der Waals surface area contributed by atoms with Crippen molar-refractivity contribution in [2.75, 3.05) is 18.5 Å². The molecule has 0 bridgehead atoms. The first kappa shape index (κ1) is 16.2. The third-order valence-corrected chi connectivity index (χ3v) is 4.40. The van der Waals surface area contributed by atoms with Crippen LogP contribution in [0.5, 0.6) is 0 Å². The van der Waals surface area contributed by atoms with E-state index in [-0.39, 0.29) is 11.8 Å². The number of fused-ring (bicyclic) bond motifs is 1. The maximum Gasteiger partial charge on any atom is 0.231 e. The number of hydrogen-bond acceptors (Lipinski definition) is 2. The predicted molar refractivity (Wildman–Crippen MR) is 95.2 cm³/mol. The van der Waals surface area contributed by atoms with E-state index in [9.17, 15) is 9.59 Å². The van der Waals surface area contributed by atoms with Gasteiger partial charge in [0.05, 0.1) is 12.8 Å². The summed E-state index contributed by atoms with van der Waals surface area (Å²) in [5.74, 6) is 0.172. The van der Waals surface area contributed by atoms with Crippen LogP contribution in [0.4, 0.5) is 5.69 Å². The summed E-state index contributed by atoms with van der Waals surface area (Å²) in [5.41, 5.74) is 5.41. The van der Waals surface area contributed by atoms with Gasteiger partial charge in [0, 0.05) is 19.3 Å². The standard InChI is InChI=1S/C20H22N2O2/c1-14-4-3-5-16(10-14)12-19(23)21-9-8-15-6-7-18-17(11-15)13-20(24)22(18)2/h3-7,10-11H,8-9,12-13H2,1-2H3,(H,21,23). The first-order valence-electron chi connectivity index (χ1n) is 8.23. The lowest BCUT2D eigenvalue weighted by atomic mass is 10.1. The van der Waals surface area contributed by atoms with Crippen LogP contribution in [0.2, 0.25) is 0 Å². The van der Waals surface area contributed by atoms with Crippen LogP contribution in [0.1, 0.15) is 22.3 Å². The second kappa shape index (κ2) is 6.87. The molecule has 2 aromatic rings. The Balaban J connectivity index is 1.51. The number of benzene rings is 2. The van der Waals surface area contributed by atoms with E-state index in [1.807, 2.05) is 43.3 Å². The number of likely N-dealkylation sites (N-methyl/N-ethyl adjacent to an activating group) is 1. The van der Waals surface area contributed by atoms with Crippen LogP contribution in [0.15, 0.2) is 42.5 Å². The quantitative estimate of drug-likeness (QED) is 0.919. The second-order valence-electron chi connectivity index (χ2n) is 6.36. The molecule has 1 N–H and O–H groups in total. The Labute approximate surface area is 142 Å². The van der Waals surface area contributed by atoms with Crippen molar-refractivity contribution < 1.29 is 9.59 Å². The van der Waals surface area contributed by atoms with Crippen LogP contribution in [0.25, 0.3) is 0 Å². The minimum atomic E-state index is 0.0386. The fourth-order valence-corrected chi connectivity index (χ4v) is 3.10. The van der Waals surface area contributed by atoms with Gasteiger partial charge in [-0.2, -0.15) is 0 Å². The number of carbonyl (C=O) groups is 2. The molecular formula is C20H22N2O2. The van der Waals surface area contributed by atoms with E-state index < -0.39 is 0 Å². The third kappa shape index (κ3) is 3.65. The average Bonchev–Trinajstić information content (AvgIpc) is 2.81. The highest BCUT2D eigenvalue weighted by Crippen LogP contribution is 2.28. The van der Waals surface area contributed by atoms with Gasteiger partial charge >= 0.3 is 0 Å². The summed E-state index contributed by atoms with van der Waals surface area (Å²) < 4.78 is 0. The molecule has 4 heteroatoms. The van der Waals surface area contributed by atoms with E-state index in [1.165, 1.54) is 0 Å². The molecule has 2 amide bonds. The van der Waals surface area contributed by atoms with Crippen LogP contribution in [0.3, 0.4) is 0 Å². The van der Waals surface area contributed by atoms with Gasteiger partial charge in [-0.3, -0.25) is 9.59 Å². The minimum Gasteiger partial charge on any atom is -0.355 e. The summed E-state index contributed by atoms with van der Waals surface area (Å²) in [5, 5.41) is 2.97. The van der Waals surface area contributed by atoms with Gasteiger partial charge in [0.15, 0.2) is 0 Å². The first-order valence-corrected chi connectivity index (χ1v) is 8.23. The lowest BCUT2D eigenvalue weighted by Gasteiger charge is -2.11. The summed E-state index contributed by atoms with van der Waals surface area (Å²) in [6.07, 6.45) is 1.65. The Bertz CT molecular complexity index is 783. The molecule has 4 nitrogen and oxygen atoms in total. The molecule has 0 spiro atoms. The molecule has 0 aliphatic carbocycles. The van der Waals surface area contributed by atoms with Crippen LogP contribution < -0.4 is 10.2 Å². The van der Waals surface area contributed by atoms with E-state index in [2.05, 4.69) is 11.4 Å². The van der Waals surface area contributed by atoms with Gasteiger partial charge < -0.3 is 10.2 Å². The number of amides is 2. The summed E-state index contributed by atoms with van der Waals surface area (Å²) in [6.45, 7) is 2.63. The predicted octanol–water partition coefficient (Wildman–Crippen LogP) is 2.42. The summed E-state index contributed by atoms with van der Waals surface area (Å²) in [7, 11) is 1.80. The Kier molecular flexibility index (Phi) is 4.65. The van der Waals surface area contributed by atoms with E-state index in [0.717, 1.165) is 34.4 Å². The van der Waals surface area contributed by atoms with Crippen molar-refractivity contribution in [3.05, 3.63) is 64.7 Å². The van der Waals surface area contributed by atoms with E-state index >= 15 is 0 Å². The number of carbonyl (C=O) groups excluding carboxylic acids is 2. The number of nitrogens with zero attached hydrogens (tertiary/aromatic N) is 1. The molecule has 0 atom stereocenters. The van der Waals surface area contributed by atoms with Crippen molar-refractivity contribution in [3.8, 4) is 0 Å². The highest BCUT2D eigenvalue weighted by Gasteiger charge is 2.23. The maximum absolute atomic E-state index is 12.0. The highest BCUT2D eigenvalue weighted by molar-refractivity contribution is 6.00. The topological polar surface area (TPSA) is 49.4 Å². The van der Waals surface area contributed by atoms with Gasteiger partial charge in [0.2, 0.25) is 11.8 Å². The zero-order chi connectivity index (χ0) is 17.1. The minimum absolute atomic E-state index is 0.0386. The van der Waals surface area contributed by atoms with Crippen molar-refractivity contribution in [1.82, 2.24) is 5.32 Å². The molecule has 1 aliphatic heterocycles. The second-order valence-corrected chi connectivity index (χ2v) is 6.36. The average molecular weight is 322 g/mol. The van der Waals surface area contributed by atoms with Gasteiger partial charge in [-0.1, -0.05) is 42.0 Å². The van der Waals surface area contributed by atoms with Gasteiger partial charge in [-0.15, -0.1) is 0 Å². The van der Waals surface area contributed by atoms with Gasteiger partial charge in [-0.25, -0.2) is 0 Å². The first-order chi connectivity index (χ1) is 11.5.